The van der Waals surface area contributed by atoms with Gasteiger partial charge in [0.05, 0.1) is 17.5 Å². The van der Waals surface area contributed by atoms with Crippen molar-refractivity contribution in [2.45, 2.75) is 25.8 Å². The standard InChI is InChI=1S/C14H18BrNO3S/c1-10(12-2-4-13(15)5-3-12)16-14(17)8-11-6-7-20(18,19)9-11/h2-5,10-11H,6-9H2,1H3,(H,16,17). The maximum absolute atomic E-state index is 11.9. The van der Waals surface area contributed by atoms with Crippen molar-refractivity contribution in [3.8, 4) is 0 Å². The lowest BCUT2D eigenvalue weighted by Gasteiger charge is -2.16. The molecule has 1 amide bonds. The highest BCUT2D eigenvalue weighted by atomic mass is 79.9. The molecule has 1 N–H and O–H groups in total. The summed E-state index contributed by atoms with van der Waals surface area (Å²) in [4.78, 5) is 11.9. The molecule has 0 saturated carbocycles. The number of rotatable bonds is 4. The van der Waals surface area contributed by atoms with Gasteiger partial charge in [0.2, 0.25) is 5.91 Å². The van der Waals surface area contributed by atoms with E-state index >= 15 is 0 Å². The van der Waals surface area contributed by atoms with Gasteiger partial charge in [-0.2, -0.15) is 0 Å². The second-order valence-corrected chi connectivity index (χ2v) is 8.46. The van der Waals surface area contributed by atoms with Crippen LogP contribution in [0.2, 0.25) is 0 Å². The molecule has 1 aromatic carbocycles. The number of halogens is 1. The molecule has 0 spiro atoms. The molecule has 1 saturated heterocycles. The molecule has 0 bridgehead atoms. The van der Waals surface area contributed by atoms with Crippen LogP contribution >= 0.6 is 15.9 Å². The molecule has 2 unspecified atom stereocenters. The molecule has 0 radical (unpaired) electrons. The van der Waals surface area contributed by atoms with Gasteiger partial charge in [-0.3, -0.25) is 4.79 Å². The van der Waals surface area contributed by atoms with E-state index in [9.17, 15) is 13.2 Å². The summed E-state index contributed by atoms with van der Waals surface area (Å²) in [7, 11) is -2.91. The molecule has 1 aliphatic rings. The highest BCUT2D eigenvalue weighted by Gasteiger charge is 2.29. The molecule has 1 fully saturated rings. The average Bonchev–Trinajstić information content (AvgIpc) is 2.69. The van der Waals surface area contributed by atoms with E-state index in [-0.39, 0.29) is 29.4 Å². The van der Waals surface area contributed by atoms with Crippen LogP contribution in [0.5, 0.6) is 0 Å². The minimum absolute atomic E-state index is 0.0304. The Balaban J connectivity index is 1.87. The number of nitrogens with one attached hydrogen (secondary N) is 1. The number of hydrogen-bond donors (Lipinski definition) is 1. The van der Waals surface area contributed by atoms with E-state index in [1.54, 1.807) is 0 Å². The molecule has 20 heavy (non-hydrogen) atoms. The first-order valence-corrected chi connectivity index (χ1v) is 9.22. The molecule has 2 rings (SSSR count). The zero-order valence-electron chi connectivity index (χ0n) is 11.3. The van der Waals surface area contributed by atoms with Crippen LogP contribution in [0, 0.1) is 5.92 Å². The number of carbonyl (C=O) groups excluding carboxylic acids is 1. The Kier molecular flexibility index (Phi) is 4.86. The fourth-order valence-electron chi connectivity index (χ4n) is 2.43. The van der Waals surface area contributed by atoms with E-state index in [4.69, 9.17) is 0 Å². The minimum atomic E-state index is -2.91. The SMILES string of the molecule is CC(NC(=O)CC1CCS(=O)(=O)C1)c1ccc(Br)cc1. The van der Waals surface area contributed by atoms with Gasteiger partial charge in [-0.05, 0) is 37.0 Å². The maximum atomic E-state index is 11.9. The van der Waals surface area contributed by atoms with Crippen LogP contribution in [0.4, 0.5) is 0 Å². The summed E-state index contributed by atoms with van der Waals surface area (Å²) >= 11 is 3.37. The molecular weight excluding hydrogens is 342 g/mol. The third-order valence-electron chi connectivity index (χ3n) is 3.55. The van der Waals surface area contributed by atoms with E-state index in [0.29, 0.717) is 12.8 Å². The van der Waals surface area contributed by atoms with Gasteiger partial charge < -0.3 is 5.32 Å². The normalized spacial score (nSPS) is 22.4. The summed E-state index contributed by atoms with van der Waals surface area (Å²) in [5, 5.41) is 2.92. The van der Waals surface area contributed by atoms with Gasteiger partial charge in [0.15, 0.2) is 9.84 Å². The van der Waals surface area contributed by atoms with Gasteiger partial charge in [0, 0.05) is 10.9 Å². The fraction of sp³-hybridized carbons (Fsp3) is 0.500. The monoisotopic (exact) mass is 359 g/mol. The highest BCUT2D eigenvalue weighted by Crippen LogP contribution is 2.22. The Morgan fingerprint density at radius 3 is 2.60 bits per heavy atom. The van der Waals surface area contributed by atoms with Crippen LogP contribution in [-0.2, 0) is 14.6 Å². The molecule has 6 heteroatoms. The zero-order valence-corrected chi connectivity index (χ0v) is 13.7. The van der Waals surface area contributed by atoms with Crippen molar-refractivity contribution < 1.29 is 13.2 Å². The van der Waals surface area contributed by atoms with E-state index in [2.05, 4.69) is 21.2 Å². The van der Waals surface area contributed by atoms with Crippen molar-refractivity contribution in [3.63, 3.8) is 0 Å². The molecule has 1 heterocycles. The largest absolute Gasteiger partial charge is 0.350 e. The summed E-state index contributed by atoms with van der Waals surface area (Å²) in [5.74, 6) is 0.250. The molecule has 1 aromatic rings. The van der Waals surface area contributed by atoms with Crippen LogP contribution in [0.25, 0.3) is 0 Å². The Morgan fingerprint density at radius 2 is 2.05 bits per heavy atom. The van der Waals surface area contributed by atoms with Crippen molar-refractivity contribution in [2.75, 3.05) is 11.5 Å². The van der Waals surface area contributed by atoms with Crippen LogP contribution in [0.3, 0.4) is 0 Å². The van der Waals surface area contributed by atoms with Gasteiger partial charge in [-0.15, -0.1) is 0 Å². The van der Waals surface area contributed by atoms with Crippen molar-refractivity contribution in [2.24, 2.45) is 5.92 Å². The summed E-state index contributed by atoms with van der Waals surface area (Å²) < 4.78 is 23.7. The molecule has 4 nitrogen and oxygen atoms in total. The van der Waals surface area contributed by atoms with Crippen molar-refractivity contribution in [1.29, 1.82) is 0 Å². The first-order chi connectivity index (χ1) is 9.35. The van der Waals surface area contributed by atoms with E-state index in [1.807, 2.05) is 31.2 Å². The minimum Gasteiger partial charge on any atom is -0.350 e. The first kappa shape index (κ1) is 15.5. The second-order valence-electron chi connectivity index (χ2n) is 5.31. The quantitative estimate of drug-likeness (QED) is 0.897. The summed E-state index contributed by atoms with van der Waals surface area (Å²) in [6.07, 6.45) is 0.891. The summed E-state index contributed by atoms with van der Waals surface area (Å²) in [6, 6.07) is 7.70. The summed E-state index contributed by atoms with van der Waals surface area (Å²) in [6.45, 7) is 1.92. The Morgan fingerprint density at radius 1 is 1.40 bits per heavy atom. The number of hydrogen-bond acceptors (Lipinski definition) is 3. The van der Waals surface area contributed by atoms with Gasteiger partial charge in [-0.25, -0.2) is 8.42 Å². The van der Waals surface area contributed by atoms with Gasteiger partial charge >= 0.3 is 0 Å². The number of amides is 1. The molecule has 1 aliphatic heterocycles. The van der Waals surface area contributed by atoms with E-state index in [1.165, 1.54) is 0 Å². The topological polar surface area (TPSA) is 63.2 Å². The predicted molar refractivity (Wildman–Crippen MR) is 82.1 cm³/mol. The maximum Gasteiger partial charge on any atom is 0.220 e. The fourth-order valence-corrected chi connectivity index (χ4v) is 4.56. The zero-order chi connectivity index (χ0) is 14.8. The summed E-state index contributed by atoms with van der Waals surface area (Å²) in [5.41, 5.74) is 1.03. The second kappa shape index (κ2) is 6.26. The van der Waals surface area contributed by atoms with E-state index in [0.717, 1.165) is 10.0 Å². The molecule has 0 aromatic heterocycles. The molecular formula is C14H18BrNO3S. The van der Waals surface area contributed by atoms with Crippen LogP contribution in [0.15, 0.2) is 28.7 Å². The smallest absolute Gasteiger partial charge is 0.220 e. The average molecular weight is 360 g/mol. The first-order valence-electron chi connectivity index (χ1n) is 6.61. The van der Waals surface area contributed by atoms with Gasteiger partial charge in [0.1, 0.15) is 0 Å². The number of sulfone groups is 1. The van der Waals surface area contributed by atoms with Crippen LogP contribution < -0.4 is 5.32 Å². The lowest BCUT2D eigenvalue weighted by molar-refractivity contribution is -0.122. The van der Waals surface area contributed by atoms with Crippen molar-refractivity contribution >= 4 is 31.7 Å². The van der Waals surface area contributed by atoms with Crippen molar-refractivity contribution in [3.05, 3.63) is 34.3 Å². The molecule has 110 valence electrons. The molecule has 2 atom stereocenters. The predicted octanol–water partition coefficient (Wildman–Crippen LogP) is 2.45. The molecule has 0 aliphatic carbocycles. The van der Waals surface area contributed by atoms with Crippen LogP contribution in [-0.4, -0.2) is 25.8 Å². The third-order valence-corrected chi connectivity index (χ3v) is 5.91. The Bertz CT molecular complexity index is 583. The number of benzene rings is 1. The van der Waals surface area contributed by atoms with Crippen LogP contribution in [0.1, 0.15) is 31.4 Å². The van der Waals surface area contributed by atoms with Gasteiger partial charge in [0.25, 0.3) is 0 Å². The Labute approximate surface area is 128 Å². The van der Waals surface area contributed by atoms with Crippen molar-refractivity contribution in [1.82, 2.24) is 5.32 Å². The number of carbonyl (C=O) groups is 1. The van der Waals surface area contributed by atoms with Gasteiger partial charge in [-0.1, -0.05) is 28.1 Å². The lowest BCUT2D eigenvalue weighted by Crippen LogP contribution is -2.28. The van der Waals surface area contributed by atoms with E-state index < -0.39 is 9.84 Å². The lowest BCUT2D eigenvalue weighted by atomic mass is 10.0. The third kappa shape index (κ3) is 4.31. The highest BCUT2D eigenvalue weighted by molar-refractivity contribution is 9.10. The Hall–Kier alpha value is -0.880.